The number of hydrogen-bond donors (Lipinski definition) is 0. The smallest absolute Gasteiger partial charge is 0.455 e. The number of nitrogens with zero attached hydrogens (tertiary/aromatic N) is 1. The molecule has 0 saturated carbocycles. The molecule has 6 nitrogen and oxygen atoms in total. The molecule has 1 aromatic heterocycles. The first-order chi connectivity index (χ1) is 14.2. The monoisotopic (exact) mass is 415 g/mol. The lowest BCUT2D eigenvalue weighted by molar-refractivity contribution is -0.384. The molecule has 0 amide bonds. The van der Waals surface area contributed by atoms with Gasteiger partial charge in [-0.2, -0.15) is 13.2 Å². The molecule has 2 aromatic carbocycles. The van der Waals surface area contributed by atoms with Gasteiger partial charge in [0.05, 0.1) is 10.5 Å². The zero-order valence-corrected chi connectivity index (χ0v) is 15.1. The summed E-state index contributed by atoms with van der Waals surface area (Å²) >= 11 is 0. The summed E-state index contributed by atoms with van der Waals surface area (Å²) in [5, 5.41) is 10.9. The summed E-state index contributed by atoms with van der Waals surface area (Å²) in [7, 11) is 0. The standard InChI is InChI=1S/C21H12F3NO5/c22-21(23,24)20(27)17(19(26)13-5-2-1-3-6-13)12-16-9-10-18(30-16)14-7-4-8-15(11-14)25(28)29/h1-12H/b17-12+. The summed E-state index contributed by atoms with van der Waals surface area (Å²) in [6, 6.07) is 15.1. The minimum Gasteiger partial charge on any atom is -0.457 e. The quantitative estimate of drug-likeness (QED) is 0.137. The number of non-ortho nitro benzene ring substituents is 1. The zero-order chi connectivity index (χ0) is 21.9. The molecule has 3 aromatic rings. The second-order valence-electron chi connectivity index (χ2n) is 6.09. The number of halogens is 3. The van der Waals surface area contributed by atoms with Gasteiger partial charge in [-0.1, -0.05) is 42.5 Å². The topological polar surface area (TPSA) is 90.4 Å². The summed E-state index contributed by atoms with van der Waals surface area (Å²) < 4.78 is 44.5. The maximum Gasteiger partial charge on any atom is 0.455 e. The van der Waals surface area contributed by atoms with Crippen LogP contribution in [0.5, 0.6) is 0 Å². The van der Waals surface area contributed by atoms with Crippen LogP contribution in [0.1, 0.15) is 16.1 Å². The van der Waals surface area contributed by atoms with Crippen molar-refractivity contribution in [3.8, 4) is 11.3 Å². The lowest BCUT2D eigenvalue weighted by atomic mass is 9.99. The Morgan fingerprint density at radius 2 is 1.67 bits per heavy atom. The van der Waals surface area contributed by atoms with Crippen LogP contribution in [0.25, 0.3) is 17.4 Å². The van der Waals surface area contributed by atoms with Gasteiger partial charge in [-0.15, -0.1) is 0 Å². The van der Waals surface area contributed by atoms with Crippen LogP contribution in [0.15, 0.2) is 76.7 Å². The highest BCUT2D eigenvalue weighted by atomic mass is 19.4. The highest BCUT2D eigenvalue weighted by molar-refractivity contribution is 6.30. The van der Waals surface area contributed by atoms with E-state index < -0.39 is 28.2 Å². The van der Waals surface area contributed by atoms with Crippen molar-refractivity contribution in [1.82, 2.24) is 0 Å². The Balaban J connectivity index is 2.02. The van der Waals surface area contributed by atoms with Crippen molar-refractivity contribution in [2.45, 2.75) is 6.18 Å². The molecular weight excluding hydrogens is 403 g/mol. The van der Waals surface area contributed by atoms with Crippen LogP contribution >= 0.6 is 0 Å². The lowest BCUT2D eigenvalue weighted by Crippen LogP contribution is -2.28. The van der Waals surface area contributed by atoms with Crippen LogP contribution in [0.4, 0.5) is 18.9 Å². The number of carbonyl (C=O) groups is 2. The highest BCUT2D eigenvalue weighted by Crippen LogP contribution is 2.29. The third-order valence-corrected chi connectivity index (χ3v) is 4.04. The van der Waals surface area contributed by atoms with Crippen LogP contribution in [0.2, 0.25) is 0 Å². The van der Waals surface area contributed by atoms with E-state index in [2.05, 4.69) is 0 Å². The van der Waals surface area contributed by atoms with Crippen molar-refractivity contribution >= 4 is 23.3 Å². The summed E-state index contributed by atoms with van der Waals surface area (Å²) in [6.07, 6.45) is -4.54. The fourth-order valence-corrected chi connectivity index (χ4v) is 2.63. The minimum absolute atomic E-state index is 0.0909. The first-order valence-corrected chi connectivity index (χ1v) is 8.44. The van der Waals surface area contributed by atoms with Crippen molar-refractivity contribution in [3.63, 3.8) is 0 Å². The van der Waals surface area contributed by atoms with E-state index in [4.69, 9.17) is 4.42 Å². The van der Waals surface area contributed by atoms with E-state index in [1.807, 2.05) is 0 Å². The molecule has 0 aliphatic carbocycles. The Bertz CT molecular complexity index is 1150. The average molecular weight is 415 g/mol. The molecule has 1 heterocycles. The number of ketones is 2. The molecule has 0 aliphatic rings. The van der Waals surface area contributed by atoms with Gasteiger partial charge in [-0.3, -0.25) is 19.7 Å². The Morgan fingerprint density at radius 1 is 0.967 bits per heavy atom. The molecule has 0 aliphatic heterocycles. The predicted molar refractivity (Wildman–Crippen MR) is 101 cm³/mol. The third-order valence-electron chi connectivity index (χ3n) is 4.04. The maximum absolute atomic E-state index is 13.0. The molecule has 30 heavy (non-hydrogen) atoms. The van der Waals surface area contributed by atoms with Crippen molar-refractivity contribution in [1.29, 1.82) is 0 Å². The second-order valence-corrected chi connectivity index (χ2v) is 6.09. The lowest BCUT2D eigenvalue weighted by Gasteiger charge is -2.08. The zero-order valence-electron chi connectivity index (χ0n) is 15.1. The van der Waals surface area contributed by atoms with E-state index in [0.717, 1.165) is 0 Å². The first-order valence-electron chi connectivity index (χ1n) is 8.44. The molecule has 0 atom stereocenters. The van der Waals surface area contributed by atoms with Crippen molar-refractivity contribution in [2.75, 3.05) is 0 Å². The molecule has 3 rings (SSSR count). The number of Topliss-reactive ketones (excluding diaryl/α,β-unsaturated/α-hetero) is 2. The number of furan rings is 1. The molecule has 0 bridgehead atoms. The van der Waals surface area contributed by atoms with E-state index in [1.54, 1.807) is 6.07 Å². The summed E-state index contributed by atoms with van der Waals surface area (Å²) in [5.74, 6) is -3.47. The summed E-state index contributed by atoms with van der Waals surface area (Å²) in [6.45, 7) is 0. The third kappa shape index (κ3) is 4.52. The van der Waals surface area contributed by atoms with Gasteiger partial charge in [0.25, 0.3) is 11.5 Å². The molecule has 0 fully saturated rings. The number of alkyl halides is 3. The second kappa shape index (κ2) is 8.16. The normalized spacial score (nSPS) is 11.9. The minimum atomic E-state index is -5.26. The summed E-state index contributed by atoms with van der Waals surface area (Å²) in [5.41, 5.74) is -1.09. The number of nitro groups is 1. The van der Waals surface area contributed by atoms with Gasteiger partial charge in [-0.25, -0.2) is 0 Å². The van der Waals surface area contributed by atoms with Gasteiger partial charge in [-0.05, 0) is 18.2 Å². The molecule has 0 unspecified atom stereocenters. The SMILES string of the molecule is O=C(/C(=C\c1ccc(-c2cccc([N+](=O)[O-])c2)o1)C(=O)C(F)(F)F)c1ccccc1. The van der Waals surface area contributed by atoms with E-state index in [1.165, 1.54) is 60.7 Å². The number of nitro benzene ring substituents is 1. The van der Waals surface area contributed by atoms with E-state index in [0.29, 0.717) is 11.6 Å². The number of rotatable bonds is 6. The molecule has 152 valence electrons. The number of benzene rings is 2. The predicted octanol–water partition coefficient (Wildman–Crippen LogP) is 5.25. The largest absolute Gasteiger partial charge is 0.457 e. The summed E-state index contributed by atoms with van der Waals surface area (Å²) in [4.78, 5) is 34.7. The number of allylic oxidation sites excluding steroid dienone is 1. The van der Waals surface area contributed by atoms with Gasteiger partial charge < -0.3 is 4.42 Å². The van der Waals surface area contributed by atoms with Crippen molar-refractivity contribution in [2.24, 2.45) is 0 Å². The van der Waals surface area contributed by atoms with Crippen LogP contribution in [-0.2, 0) is 4.79 Å². The average Bonchev–Trinajstić information content (AvgIpc) is 3.20. The molecule has 0 spiro atoms. The maximum atomic E-state index is 13.0. The fraction of sp³-hybridized carbons (Fsp3) is 0.0476. The van der Waals surface area contributed by atoms with Crippen molar-refractivity contribution < 1.29 is 32.1 Å². The van der Waals surface area contributed by atoms with Crippen LogP contribution in [-0.4, -0.2) is 22.7 Å². The van der Waals surface area contributed by atoms with Crippen LogP contribution < -0.4 is 0 Å². The van der Waals surface area contributed by atoms with Crippen LogP contribution in [0.3, 0.4) is 0 Å². The van der Waals surface area contributed by atoms with Gasteiger partial charge in [0, 0.05) is 23.3 Å². The molecule has 0 radical (unpaired) electrons. The van der Waals surface area contributed by atoms with Crippen molar-refractivity contribution in [3.05, 3.63) is 93.7 Å². The Labute approximate surface area is 167 Å². The molecular formula is C21H12F3NO5. The number of carbonyl (C=O) groups excluding carboxylic acids is 2. The Morgan fingerprint density at radius 3 is 2.30 bits per heavy atom. The van der Waals surface area contributed by atoms with E-state index >= 15 is 0 Å². The highest BCUT2D eigenvalue weighted by Gasteiger charge is 2.43. The van der Waals surface area contributed by atoms with Gasteiger partial charge in [0.2, 0.25) is 0 Å². The number of hydrogen-bond acceptors (Lipinski definition) is 5. The molecule has 0 saturated heterocycles. The Kier molecular flexibility index (Phi) is 5.63. The van der Waals surface area contributed by atoms with Gasteiger partial charge >= 0.3 is 6.18 Å². The fourth-order valence-electron chi connectivity index (χ4n) is 2.63. The van der Waals surface area contributed by atoms with E-state index in [9.17, 15) is 32.9 Å². The van der Waals surface area contributed by atoms with Gasteiger partial charge in [0.15, 0.2) is 5.78 Å². The van der Waals surface area contributed by atoms with Crippen LogP contribution in [0, 0.1) is 10.1 Å². The molecule has 9 heteroatoms. The first kappa shape index (κ1) is 20.7. The van der Waals surface area contributed by atoms with Gasteiger partial charge in [0.1, 0.15) is 11.5 Å². The Hall–Kier alpha value is -4.01. The molecule has 0 N–H and O–H groups in total. The van der Waals surface area contributed by atoms with E-state index in [-0.39, 0.29) is 22.8 Å².